The summed E-state index contributed by atoms with van der Waals surface area (Å²) in [5.74, 6) is 1.02. The van der Waals surface area contributed by atoms with Crippen LogP contribution in [0.15, 0.2) is 18.2 Å². The maximum Gasteiger partial charge on any atom is 0.325 e. The molecule has 4 fully saturated rings. The summed E-state index contributed by atoms with van der Waals surface area (Å²) in [5, 5.41) is 5.56. The molecule has 164 valence electrons. The molecule has 7 heteroatoms. The first kappa shape index (κ1) is 20.2. The molecule has 1 aliphatic heterocycles. The highest BCUT2D eigenvalue weighted by Gasteiger charge is 2.54. The van der Waals surface area contributed by atoms with Gasteiger partial charge in [-0.25, -0.2) is 0 Å². The van der Waals surface area contributed by atoms with Crippen LogP contribution < -0.4 is 10.6 Å². The van der Waals surface area contributed by atoms with E-state index < -0.39 is 5.97 Å². The lowest BCUT2D eigenvalue weighted by Crippen LogP contribution is -2.54. The van der Waals surface area contributed by atoms with Gasteiger partial charge in [-0.15, -0.1) is 0 Å². The van der Waals surface area contributed by atoms with E-state index in [9.17, 15) is 19.2 Å². The number of Topliss-reactive ketones (excluding diaryl/α,β-unsaturated/α-hetero) is 1. The van der Waals surface area contributed by atoms with Gasteiger partial charge in [0.25, 0.3) is 0 Å². The van der Waals surface area contributed by atoms with Crippen LogP contribution in [-0.2, 0) is 25.5 Å². The van der Waals surface area contributed by atoms with Crippen LogP contribution in [0.3, 0.4) is 0 Å². The molecule has 2 amide bonds. The highest BCUT2D eigenvalue weighted by atomic mass is 16.5. The number of nitrogens with one attached hydrogen (secondary N) is 2. The van der Waals surface area contributed by atoms with Crippen molar-refractivity contribution in [3.8, 4) is 0 Å². The molecule has 5 aliphatic rings. The predicted molar refractivity (Wildman–Crippen MR) is 112 cm³/mol. The molecule has 0 radical (unpaired) electrons. The van der Waals surface area contributed by atoms with Gasteiger partial charge in [-0.05, 0) is 86.5 Å². The number of ketones is 1. The van der Waals surface area contributed by atoms with E-state index in [-0.39, 0.29) is 36.2 Å². The van der Waals surface area contributed by atoms with Crippen LogP contribution in [-0.4, -0.2) is 36.7 Å². The molecule has 2 N–H and O–H groups in total. The van der Waals surface area contributed by atoms with Crippen molar-refractivity contribution in [3.05, 3.63) is 29.3 Å². The molecule has 6 rings (SSSR count). The molecule has 0 aromatic heterocycles. The summed E-state index contributed by atoms with van der Waals surface area (Å²) in [6, 6.07) is 5.06. The zero-order chi connectivity index (χ0) is 21.6. The lowest BCUT2D eigenvalue weighted by Gasteiger charge is -2.55. The molecule has 1 aromatic carbocycles. The maximum atomic E-state index is 12.9. The number of aryl methyl sites for hydroxylation is 1. The molecule has 7 nitrogen and oxygen atoms in total. The minimum atomic E-state index is -0.600. The molecule has 0 unspecified atom stereocenters. The lowest BCUT2D eigenvalue weighted by atomic mass is 9.49. The van der Waals surface area contributed by atoms with Gasteiger partial charge in [0, 0.05) is 23.1 Å². The Hall–Kier alpha value is -2.70. The average molecular weight is 424 g/mol. The van der Waals surface area contributed by atoms with Gasteiger partial charge in [-0.1, -0.05) is 0 Å². The number of carbonyl (C=O) groups is 4. The Morgan fingerprint density at radius 3 is 2.39 bits per heavy atom. The average Bonchev–Trinajstić information content (AvgIpc) is 2.74. The minimum absolute atomic E-state index is 0.0217. The normalized spacial score (nSPS) is 30.3. The van der Waals surface area contributed by atoms with Crippen molar-refractivity contribution in [1.82, 2.24) is 5.32 Å². The topological polar surface area (TPSA) is 102 Å². The van der Waals surface area contributed by atoms with Gasteiger partial charge in [0.05, 0.1) is 0 Å². The van der Waals surface area contributed by atoms with Crippen molar-refractivity contribution in [2.75, 3.05) is 18.5 Å². The third-order valence-corrected chi connectivity index (χ3v) is 7.60. The van der Waals surface area contributed by atoms with E-state index in [4.69, 9.17) is 4.74 Å². The summed E-state index contributed by atoms with van der Waals surface area (Å²) in [5.41, 5.74) is 1.76. The van der Waals surface area contributed by atoms with E-state index in [1.807, 2.05) is 0 Å². The number of anilines is 1. The van der Waals surface area contributed by atoms with Crippen LogP contribution >= 0.6 is 0 Å². The zero-order valence-electron chi connectivity index (χ0n) is 17.6. The first-order chi connectivity index (χ1) is 14.9. The van der Waals surface area contributed by atoms with Crippen LogP contribution in [0.4, 0.5) is 5.69 Å². The Labute approximate surface area is 181 Å². The fourth-order valence-corrected chi connectivity index (χ4v) is 6.57. The number of rotatable bonds is 6. The van der Waals surface area contributed by atoms with Gasteiger partial charge in [0.2, 0.25) is 11.8 Å². The summed E-state index contributed by atoms with van der Waals surface area (Å²) in [6.07, 6.45) is 7.57. The van der Waals surface area contributed by atoms with E-state index in [0.717, 1.165) is 30.5 Å². The Balaban J connectivity index is 1.11. The van der Waals surface area contributed by atoms with Gasteiger partial charge >= 0.3 is 5.97 Å². The van der Waals surface area contributed by atoms with Crippen LogP contribution in [0.1, 0.15) is 60.9 Å². The Morgan fingerprint density at radius 2 is 1.71 bits per heavy atom. The van der Waals surface area contributed by atoms with Crippen LogP contribution in [0.5, 0.6) is 0 Å². The second-order valence-electron chi connectivity index (χ2n) is 9.88. The highest BCUT2D eigenvalue weighted by molar-refractivity contribution is 6.00. The summed E-state index contributed by atoms with van der Waals surface area (Å²) in [4.78, 5) is 48.9. The molecule has 1 aromatic rings. The van der Waals surface area contributed by atoms with Crippen molar-refractivity contribution >= 4 is 29.3 Å². The molecule has 4 saturated carbocycles. The lowest BCUT2D eigenvalue weighted by molar-refractivity contribution is -0.150. The van der Waals surface area contributed by atoms with Crippen molar-refractivity contribution in [1.29, 1.82) is 0 Å². The van der Waals surface area contributed by atoms with Crippen molar-refractivity contribution in [3.63, 3.8) is 0 Å². The van der Waals surface area contributed by atoms with E-state index in [1.54, 1.807) is 18.2 Å². The largest absolute Gasteiger partial charge is 0.456 e. The number of esters is 1. The number of hydrogen-bond acceptors (Lipinski definition) is 5. The molecular formula is C24H28N2O5. The maximum absolute atomic E-state index is 12.9. The van der Waals surface area contributed by atoms with Crippen molar-refractivity contribution in [2.45, 2.75) is 51.4 Å². The molecule has 1 heterocycles. The highest BCUT2D eigenvalue weighted by Crippen LogP contribution is 2.60. The van der Waals surface area contributed by atoms with Crippen LogP contribution in [0, 0.1) is 23.2 Å². The van der Waals surface area contributed by atoms with E-state index in [2.05, 4.69) is 10.6 Å². The molecule has 0 spiro atoms. The number of ether oxygens (including phenoxy) is 1. The minimum Gasteiger partial charge on any atom is -0.456 e. The first-order valence-corrected chi connectivity index (χ1v) is 11.3. The number of carbonyl (C=O) groups excluding carboxylic acids is 4. The smallest absolute Gasteiger partial charge is 0.325 e. The Bertz CT molecular complexity index is 918. The molecule has 0 saturated heterocycles. The van der Waals surface area contributed by atoms with Gasteiger partial charge < -0.3 is 15.4 Å². The molecule has 0 atom stereocenters. The van der Waals surface area contributed by atoms with E-state index in [1.165, 1.54) is 19.3 Å². The predicted octanol–water partition coefficient (Wildman–Crippen LogP) is 2.63. The molecular weight excluding hydrogens is 396 g/mol. The first-order valence-electron chi connectivity index (χ1n) is 11.3. The Morgan fingerprint density at radius 1 is 1.03 bits per heavy atom. The second-order valence-corrected chi connectivity index (χ2v) is 9.88. The summed E-state index contributed by atoms with van der Waals surface area (Å²) < 4.78 is 5.12. The molecule has 31 heavy (non-hydrogen) atoms. The van der Waals surface area contributed by atoms with Crippen LogP contribution in [0.25, 0.3) is 0 Å². The fraction of sp³-hybridized carbons (Fsp3) is 0.583. The fourth-order valence-electron chi connectivity index (χ4n) is 6.57. The number of amides is 2. The zero-order valence-corrected chi connectivity index (χ0v) is 17.6. The van der Waals surface area contributed by atoms with Crippen molar-refractivity contribution in [2.24, 2.45) is 23.2 Å². The standard InChI is InChI=1S/C24H28N2O5/c27-20(18-1-3-19-17(8-18)2-4-21(28)26-19)13-31-22(29)12-25-23(30)24-9-14-5-15(10-24)7-16(6-14)11-24/h1,3,8,14-16H,2,4-7,9-13H2,(H,25,30)(H,26,28). The SMILES string of the molecule is O=C1CCc2cc(C(=O)COC(=O)CNC(=O)C34CC5CC(CC(C5)C3)C4)ccc2N1. The van der Waals surface area contributed by atoms with Gasteiger partial charge in [-0.3, -0.25) is 19.2 Å². The third kappa shape index (κ3) is 3.98. The third-order valence-electron chi connectivity index (χ3n) is 7.60. The van der Waals surface area contributed by atoms with E-state index >= 15 is 0 Å². The van der Waals surface area contributed by atoms with Gasteiger partial charge in [0.15, 0.2) is 12.4 Å². The Kier molecular flexibility index (Phi) is 5.07. The quantitative estimate of drug-likeness (QED) is 0.540. The van der Waals surface area contributed by atoms with Gasteiger partial charge in [-0.2, -0.15) is 0 Å². The monoisotopic (exact) mass is 424 g/mol. The number of fused-ring (bicyclic) bond motifs is 1. The summed E-state index contributed by atoms with van der Waals surface area (Å²) >= 11 is 0. The molecule has 4 bridgehead atoms. The second kappa shape index (κ2) is 7.77. The summed E-state index contributed by atoms with van der Waals surface area (Å²) in [6.45, 7) is -0.568. The van der Waals surface area contributed by atoms with E-state index in [0.29, 0.717) is 36.2 Å². The molecule has 4 aliphatic carbocycles. The number of benzene rings is 1. The number of hydrogen-bond donors (Lipinski definition) is 2. The van der Waals surface area contributed by atoms with Crippen LogP contribution in [0.2, 0.25) is 0 Å². The summed E-state index contributed by atoms with van der Waals surface area (Å²) in [7, 11) is 0. The van der Waals surface area contributed by atoms with Gasteiger partial charge in [0.1, 0.15) is 6.54 Å². The van der Waals surface area contributed by atoms with Crippen molar-refractivity contribution < 1.29 is 23.9 Å².